The van der Waals surface area contributed by atoms with E-state index in [1.54, 1.807) is 14.1 Å². The average molecular weight is 342 g/mol. The predicted octanol–water partition coefficient (Wildman–Crippen LogP) is 1.04. The van der Waals surface area contributed by atoms with Crippen LogP contribution in [0, 0.1) is 5.92 Å². The predicted molar refractivity (Wildman–Crippen MR) is 87.2 cm³/mol. The molecule has 1 fully saturated rings. The molecule has 0 amide bonds. The topological polar surface area (TPSA) is 67.7 Å². The SMILES string of the molecule is CCOC[C@H]1CN(S(=O)(=O)N(C)C)Cc2ncn(CC3CC3)c21. The molecular weight excluding hydrogens is 316 g/mol. The van der Waals surface area contributed by atoms with Crippen LogP contribution in [0.5, 0.6) is 0 Å². The highest BCUT2D eigenvalue weighted by Crippen LogP contribution is 2.35. The molecule has 7 nitrogen and oxygen atoms in total. The lowest BCUT2D eigenvalue weighted by molar-refractivity contribution is 0.118. The maximum atomic E-state index is 12.5. The molecule has 23 heavy (non-hydrogen) atoms. The van der Waals surface area contributed by atoms with E-state index >= 15 is 0 Å². The number of hydrogen-bond donors (Lipinski definition) is 0. The van der Waals surface area contributed by atoms with Gasteiger partial charge in [-0.25, -0.2) is 4.98 Å². The fourth-order valence-corrected chi connectivity index (χ4v) is 4.23. The first-order valence-electron chi connectivity index (χ1n) is 8.22. The number of imidazole rings is 1. The van der Waals surface area contributed by atoms with Crippen LogP contribution in [0.1, 0.15) is 37.1 Å². The number of fused-ring (bicyclic) bond motifs is 1. The van der Waals surface area contributed by atoms with Gasteiger partial charge in [0.15, 0.2) is 0 Å². The molecule has 1 aliphatic heterocycles. The summed E-state index contributed by atoms with van der Waals surface area (Å²) < 4.78 is 35.6. The number of nitrogens with zero attached hydrogens (tertiary/aromatic N) is 4. The van der Waals surface area contributed by atoms with Gasteiger partial charge in [0.2, 0.25) is 0 Å². The third-order valence-corrected chi connectivity index (χ3v) is 6.41. The summed E-state index contributed by atoms with van der Waals surface area (Å²) in [5, 5.41) is 0. The molecule has 2 heterocycles. The lowest BCUT2D eigenvalue weighted by atomic mass is 10.0. The minimum Gasteiger partial charge on any atom is -0.381 e. The highest BCUT2D eigenvalue weighted by Gasteiger charge is 2.37. The molecular formula is C15H26N4O3S. The van der Waals surface area contributed by atoms with Crippen molar-refractivity contribution in [2.45, 2.75) is 38.8 Å². The molecule has 3 rings (SSSR count). The van der Waals surface area contributed by atoms with Crippen molar-refractivity contribution >= 4 is 10.2 Å². The van der Waals surface area contributed by atoms with Crippen LogP contribution in [-0.2, 0) is 28.0 Å². The molecule has 0 unspecified atom stereocenters. The molecule has 1 saturated carbocycles. The Hall–Kier alpha value is -0.960. The molecule has 1 aromatic rings. The van der Waals surface area contributed by atoms with E-state index in [2.05, 4.69) is 9.55 Å². The third kappa shape index (κ3) is 3.45. The molecule has 1 aromatic heterocycles. The number of ether oxygens (including phenoxy) is 1. The van der Waals surface area contributed by atoms with Crippen molar-refractivity contribution < 1.29 is 13.2 Å². The monoisotopic (exact) mass is 342 g/mol. The molecule has 0 spiro atoms. The van der Waals surface area contributed by atoms with Crippen LogP contribution in [0.15, 0.2) is 6.33 Å². The quantitative estimate of drug-likeness (QED) is 0.742. The Morgan fingerprint density at radius 3 is 2.74 bits per heavy atom. The first-order valence-corrected chi connectivity index (χ1v) is 9.62. The fourth-order valence-electron chi connectivity index (χ4n) is 3.11. The zero-order valence-electron chi connectivity index (χ0n) is 14.1. The Balaban J connectivity index is 1.88. The van der Waals surface area contributed by atoms with E-state index in [0.29, 0.717) is 26.3 Å². The van der Waals surface area contributed by atoms with Crippen molar-refractivity contribution in [1.82, 2.24) is 18.2 Å². The lowest BCUT2D eigenvalue weighted by Crippen LogP contribution is -2.45. The van der Waals surface area contributed by atoms with Gasteiger partial charge < -0.3 is 9.30 Å². The Kier molecular flexibility index (Phi) is 4.78. The second kappa shape index (κ2) is 6.51. The zero-order chi connectivity index (χ0) is 16.6. The van der Waals surface area contributed by atoms with Crippen LogP contribution in [0.25, 0.3) is 0 Å². The maximum absolute atomic E-state index is 12.5. The molecule has 0 radical (unpaired) electrons. The van der Waals surface area contributed by atoms with Gasteiger partial charge in [-0.05, 0) is 25.7 Å². The second-order valence-corrected chi connectivity index (χ2v) is 8.75. The Labute approximate surface area is 138 Å². The molecule has 0 saturated heterocycles. The van der Waals surface area contributed by atoms with Gasteiger partial charge in [0.25, 0.3) is 10.2 Å². The van der Waals surface area contributed by atoms with Crippen molar-refractivity contribution in [3.8, 4) is 0 Å². The minimum atomic E-state index is -3.44. The summed E-state index contributed by atoms with van der Waals surface area (Å²) in [7, 11) is -0.313. The Morgan fingerprint density at radius 2 is 2.13 bits per heavy atom. The molecule has 0 bridgehead atoms. The maximum Gasteiger partial charge on any atom is 0.281 e. The van der Waals surface area contributed by atoms with Gasteiger partial charge in [0.05, 0.1) is 25.2 Å². The van der Waals surface area contributed by atoms with E-state index in [9.17, 15) is 8.42 Å². The molecule has 2 aliphatic rings. The van der Waals surface area contributed by atoms with E-state index in [1.165, 1.54) is 21.5 Å². The molecule has 1 aliphatic carbocycles. The van der Waals surface area contributed by atoms with Gasteiger partial charge in [-0.2, -0.15) is 17.0 Å². The average Bonchev–Trinajstić information content (AvgIpc) is 3.23. The normalized spacial score (nSPS) is 22.5. The van der Waals surface area contributed by atoms with Crippen LogP contribution in [0.2, 0.25) is 0 Å². The highest BCUT2D eigenvalue weighted by molar-refractivity contribution is 7.86. The molecule has 1 atom stereocenters. The van der Waals surface area contributed by atoms with Crippen LogP contribution in [-0.4, -0.2) is 60.4 Å². The molecule has 0 aromatic carbocycles. The fraction of sp³-hybridized carbons (Fsp3) is 0.800. The van der Waals surface area contributed by atoms with E-state index in [0.717, 1.165) is 23.9 Å². The van der Waals surface area contributed by atoms with Crippen molar-refractivity contribution in [1.29, 1.82) is 0 Å². The number of hydrogen-bond acceptors (Lipinski definition) is 4. The van der Waals surface area contributed by atoms with E-state index in [-0.39, 0.29) is 5.92 Å². The Morgan fingerprint density at radius 1 is 1.39 bits per heavy atom. The lowest BCUT2D eigenvalue weighted by Gasteiger charge is -2.33. The number of aromatic nitrogens is 2. The van der Waals surface area contributed by atoms with Crippen LogP contribution in [0.4, 0.5) is 0 Å². The standard InChI is InChI=1S/C15H26N4O3S/c1-4-22-10-13-8-19(23(20,21)17(2)3)9-14-15(13)18(11-16-14)7-12-5-6-12/h11-13H,4-10H2,1-3H3/t13-/m1/s1. The van der Waals surface area contributed by atoms with Crippen LogP contribution in [0.3, 0.4) is 0 Å². The van der Waals surface area contributed by atoms with Gasteiger partial charge in [-0.15, -0.1) is 0 Å². The summed E-state index contributed by atoms with van der Waals surface area (Å²) in [6, 6.07) is 0. The molecule has 130 valence electrons. The van der Waals surface area contributed by atoms with Gasteiger partial charge in [0.1, 0.15) is 0 Å². The first kappa shape index (κ1) is 16.9. The van der Waals surface area contributed by atoms with Crippen molar-refractivity contribution in [3.05, 3.63) is 17.7 Å². The molecule has 0 N–H and O–H groups in total. The highest BCUT2D eigenvalue weighted by atomic mass is 32.2. The van der Waals surface area contributed by atoms with E-state index in [1.807, 2.05) is 13.3 Å². The van der Waals surface area contributed by atoms with Crippen molar-refractivity contribution in [2.75, 3.05) is 33.9 Å². The van der Waals surface area contributed by atoms with Gasteiger partial charge in [-0.3, -0.25) is 0 Å². The zero-order valence-corrected chi connectivity index (χ0v) is 14.9. The van der Waals surface area contributed by atoms with Gasteiger partial charge in [-0.1, -0.05) is 0 Å². The summed E-state index contributed by atoms with van der Waals surface area (Å²) in [4.78, 5) is 4.50. The first-order chi connectivity index (χ1) is 10.9. The third-order valence-electron chi connectivity index (χ3n) is 4.56. The summed E-state index contributed by atoms with van der Waals surface area (Å²) in [6.07, 6.45) is 4.43. The van der Waals surface area contributed by atoms with Crippen LogP contribution < -0.4 is 0 Å². The minimum absolute atomic E-state index is 0.0367. The summed E-state index contributed by atoms with van der Waals surface area (Å²) in [5.74, 6) is 0.791. The largest absolute Gasteiger partial charge is 0.381 e. The Bertz CT molecular complexity index is 652. The van der Waals surface area contributed by atoms with Crippen LogP contribution >= 0.6 is 0 Å². The smallest absolute Gasteiger partial charge is 0.281 e. The summed E-state index contributed by atoms with van der Waals surface area (Å²) in [5.41, 5.74) is 2.03. The van der Waals surface area contributed by atoms with Gasteiger partial charge >= 0.3 is 0 Å². The van der Waals surface area contributed by atoms with Crippen molar-refractivity contribution in [3.63, 3.8) is 0 Å². The summed E-state index contributed by atoms with van der Waals surface area (Å²) >= 11 is 0. The van der Waals surface area contributed by atoms with Crippen molar-refractivity contribution in [2.24, 2.45) is 5.92 Å². The van der Waals surface area contributed by atoms with E-state index < -0.39 is 10.2 Å². The van der Waals surface area contributed by atoms with Gasteiger partial charge in [0, 0.05) is 45.4 Å². The number of rotatable bonds is 7. The summed E-state index contributed by atoms with van der Waals surface area (Å²) in [6.45, 7) is 4.90. The second-order valence-electron chi connectivity index (χ2n) is 6.61. The van der Waals surface area contributed by atoms with E-state index in [4.69, 9.17) is 4.74 Å². The molecule has 8 heteroatoms.